The average Bonchev–Trinajstić information content (AvgIpc) is 2.69. The fourth-order valence-corrected chi connectivity index (χ4v) is 2.75. The predicted molar refractivity (Wildman–Crippen MR) is 65.4 cm³/mol. The van der Waals surface area contributed by atoms with Crippen LogP contribution < -0.4 is 0 Å². The summed E-state index contributed by atoms with van der Waals surface area (Å²) in [6, 6.07) is 0. The average molecular weight is 224 g/mol. The van der Waals surface area contributed by atoms with Gasteiger partial charge in [0.05, 0.1) is 12.2 Å². The fraction of sp³-hybridized carbons (Fsp3) is 0.857. The number of aliphatic hydroxyl groups is 1. The van der Waals surface area contributed by atoms with Crippen LogP contribution in [0.3, 0.4) is 0 Å². The van der Waals surface area contributed by atoms with Gasteiger partial charge in [0.15, 0.2) is 0 Å². The largest absolute Gasteiger partial charge is 0.389 e. The number of hydrogen-bond acceptors (Lipinski definition) is 2. The Bertz CT molecular complexity index is 229. The molecule has 2 unspecified atom stereocenters. The quantitative estimate of drug-likeness (QED) is 0.746. The van der Waals surface area contributed by atoms with E-state index in [1.54, 1.807) is 0 Å². The van der Waals surface area contributed by atoms with Crippen LogP contribution in [0.2, 0.25) is 0 Å². The number of rotatable bonds is 3. The third-order valence-electron chi connectivity index (χ3n) is 3.76. The summed E-state index contributed by atoms with van der Waals surface area (Å²) in [4.78, 5) is 0. The molecule has 0 radical (unpaired) electrons. The van der Waals surface area contributed by atoms with Crippen LogP contribution in [0.25, 0.3) is 0 Å². The van der Waals surface area contributed by atoms with Crippen LogP contribution in [0, 0.1) is 0 Å². The van der Waals surface area contributed by atoms with E-state index in [1.165, 1.54) is 31.3 Å². The predicted octanol–water partition coefficient (Wildman–Crippen LogP) is 3.20. The number of ether oxygens (including phenoxy) is 1. The van der Waals surface area contributed by atoms with Crippen LogP contribution >= 0.6 is 0 Å². The van der Waals surface area contributed by atoms with Crippen molar-refractivity contribution in [2.45, 2.75) is 70.0 Å². The van der Waals surface area contributed by atoms with E-state index < -0.39 is 0 Å². The molecule has 2 nitrogen and oxygen atoms in total. The van der Waals surface area contributed by atoms with Crippen molar-refractivity contribution in [3.63, 3.8) is 0 Å². The van der Waals surface area contributed by atoms with Crippen LogP contribution in [0.4, 0.5) is 0 Å². The second-order valence-electron chi connectivity index (χ2n) is 5.12. The molecule has 0 aromatic carbocycles. The molecule has 16 heavy (non-hydrogen) atoms. The maximum Gasteiger partial charge on any atom is 0.0774 e. The molecule has 92 valence electrons. The van der Waals surface area contributed by atoms with Crippen LogP contribution in [-0.4, -0.2) is 23.9 Å². The minimum atomic E-state index is -0.249. The molecule has 1 heterocycles. The molecule has 0 aromatic heterocycles. The Balaban J connectivity index is 1.83. The van der Waals surface area contributed by atoms with Gasteiger partial charge in [-0.3, -0.25) is 0 Å². The molecular formula is C14H24O2. The zero-order valence-electron chi connectivity index (χ0n) is 10.2. The molecule has 0 amide bonds. The van der Waals surface area contributed by atoms with Crippen molar-refractivity contribution in [3.05, 3.63) is 11.6 Å². The summed E-state index contributed by atoms with van der Waals surface area (Å²) in [6.07, 6.45) is 12.9. The van der Waals surface area contributed by atoms with E-state index in [2.05, 4.69) is 6.08 Å². The van der Waals surface area contributed by atoms with E-state index in [1.807, 2.05) is 0 Å². The third kappa shape index (κ3) is 3.60. The van der Waals surface area contributed by atoms with Crippen molar-refractivity contribution in [2.75, 3.05) is 6.61 Å². The fourth-order valence-electron chi connectivity index (χ4n) is 2.75. The summed E-state index contributed by atoms with van der Waals surface area (Å²) < 4.78 is 5.58. The van der Waals surface area contributed by atoms with Crippen LogP contribution in [-0.2, 0) is 4.74 Å². The van der Waals surface area contributed by atoms with Crippen LogP contribution in [0.15, 0.2) is 11.6 Å². The van der Waals surface area contributed by atoms with E-state index in [9.17, 15) is 5.11 Å². The Labute approximate surface area is 98.7 Å². The molecule has 2 atom stereocenters. The Morgan fingerprint density at radius 3 is 2.94 bits per heavy atom. The molecule has 1 aliphatic carbocycles. The molecule has 2 rings (SSSR count). The minimum absolute atomic E-state index is 0.249. The van der Waals surface area contributed by atoms with Crippen LogP contribution in [0.1, 0.15) is 57.8 Å². The molecule has 2 aliphatic rings. The van der Waals surface area contributed by atoms with Crippen LogP contribution in [0.5, 0.6) is 0 Å². The summed E-state index contributed by atoms with van der Waals surface area (Å²) in [7, 11) is 0. The molecule has 1 aliphatic heterocycles. The highest BCUT2D eigenvalue weighted by Gasteiger charge is 2.21. The smallest absolute Gasteiger partial charge is 0.0774 e. The summed E-state index contributed by atoms with van der Waals surface area (Å²) >= 11 is 0. The monoisotopic (exact) mass is 224 g/mol. The maximum absolute atomic E-state index is 10.2. The van der Waals surface area contributed by atoms with Gasteiger partial charge in [0, 0.05) is 13.0 Å². The Kier molecular flexibility index (Phi) is 4.86. The van der Waals surface area contributed by atoms with Gasteiger partial charge in [-0.15, -0.1) is 0 Å². The zero-order valence-corrected chi connectivity index (χ0v) is 10.2. The Morgan fingerprint density at radius 2 is 2.12 bits per heavy atom. The second-order valence-corrected chi connectivity index (χ2v) is 5.12. The molecule has 2 heteroatoms. The van der Waals surface area contributed by atoms with Crippen molar-refractivity contribution in [1.82, 2.24) is 0 Å². The molecular weight excluding hydrogens is 200 g/mol. The highest BCUT2D eigenvalue weighted by molar-refractivity contribution is 5.09. The Morgan fingerprint density at radius 1 is 1.25 bits per heavy atom. The molecule has 1 N–H and O–H groups in total. The van der Waals surface area contributed by atoms with Gasteiger partial charge in [0.25, 0.3) is 0 Å². The van der Waals surface area contributed by atoms with Gasteiger partial charge in [0.2, 0.25) is 0 Å². The molecule has 0 spiro atoms. The molecule has 0 aromatic rings. The third-order valence-corrected chi connectivity index (χ3v) is 3.76. The van der Waals surface area contributed by atoms with Gasteiger partial charge in [-0.25, -0.2) is 0 Å². The van der Waals surface area contributed by atoms with E-state index in [4.69, 9.17) is 4.74 Å². The number of aliphatic hydroxyl groups excluding tert-OH is 1. The van der Waals surface area contributed by atoms with E-state index in [0.717, 1.165) is 38.7 Å². The van der Waals surface area contributed by atoms with Crippen molar-refractivity contribution in [1.29, 1.82) is 0 Å². The zero-order chi connectivity index (χ0) is 11.2. The van der Waals surface area contributed by atoms with Crippen molar-refractivity contribution in [2.24, 2.45) is 0 Å². The molecule has 0 bridgehead atoms. The van der Waals surface area contributed by atoms with Gasteiger partial charge in [-0.05, 0) is 44.1 Å². The first-order chi connectivity index (χ1) is 7.86. The van der Waals surface area contributed by atoms with Gasteiger partial charge in [0.1, 0.15) is 0 Å². The minimum Gasteiger partial charge on any atom is -0.389 e. The lowest BCUT2D eigenvalue weighted by atomic mass is 9.93. The maximum atomic E-state index is 10.2. The first-order valence-corrected chi connectivity index (χ1v) is 6.85. The van der Waals surface area contributed by atoms with Crippen molar-refractivity contribution < 1.29 is 9.84 Å². The van der Waals surface area contributed by atoms with E-state index >= 15 is 0 Å². The van der Waals surface area contributed by atoms with Crippen molar-refractivity contribution in [3.8, 4) is 0 Å². The van der Waals surface area contributed by atoms with Gasteiger partial charge < -0.3 is 9.84 Å². The second kappa shape index (κ2) is 6.41. The van der Waals surface area contributed by atoms with Gasteiger partial charge in [-0.1, -0.05) is 18.9 Å². The molecule has 0 saturated carbocycles. The van der Waals surface area contributed by atoms with E-state index in [-0.39, 0.29) is 6.10 Å². The van der Waals surface area contributed by atoms with Crippen molar-refractivity contribution >= 4 is 0 Å². The SMILES string of the molecule is OC(CC1CCCO1)C1=CCCCCCC1. The summed E-state index contributed by atoms with van der Waals surface area (Å²) in [5.74, 6) is 0. The topological polar surface area (TPSA) is 29.5 Å². The summed E-state index contributed by atoms with van der Waals surface area (Å²) in [5, 5.41) is 10.2. The summed E-state index contributed by atoms with van der Waals surface area (Å²) in [5.41, 5.74) is 1.27. The van der Waals surface area contributed by atoms with Gasteiger partial charge in [-0.2, -0.15) is 0 Å². The number of hydrogen-bond donors (Lipinski definition) is 1. The molecule has 1 fully saturated rings. The highest BCUT2D eigenvalue weighted by atomic mass is 16.5. The lowest BCUT2D eigenvalue weighted by Crippen LogP contribution is -2.19. The lowest BCUT2D eigenvalue weighted by molar-refractivity contribution is 0.0645. The standard InChI is InChI=1S/C14H24O2/c15-14(11-13-9-6-10-16-13)12-7-4-2-1-3-5-8-12/h7,13-15H,1-6,8-11H2. The highest BCUT2D eigenvalue weighted by Crippen LogP contribution is 2.25. The van der Waals surface area contributed by atoms with E-state index in [0.29, 0.717) is 6.10 Å². The first-order valence-electron chi connectivity index (χ1n) is 6.85. The molecule has 1 saturated heterocycles. The Hall–Kier alpha value is -0.340. The summed E-state index contributed by atoms with van der Waals surface area (Å²) in [6.45, 7) is 0.885. The normalized spacial score (nSPS) is 29.3. The van der Waals surface area contributed by atoms with Gasteiger partial charge >= 0.3 is 0 Å². The first kappa shape index (κ1) is 12.1. The lowest BCUT2D eigenvalue weighted by Gasteiger charge is -2.20. The number of allylic oxidation sites excluding steroid dienone is 1.